The first-order valence-electron chi connectivity index (χ1n) is 7.84. The van der Waals surface area contributed by atoms with Gasteiger partial charge in [-0.3, -0.25) is 4.79 Å². The number of aryl methyl sites for hydroxylation is 1. The average Bonchev–Trinajstić information content (AvgIpc) is 2.89. The Morgan fingerprint density at radius 2 is 1.76 bits per heavy atom. The molecule has 0 atom stereocenters. The zero-order valence-electron chi connectivity index (χ0n) is 13.7. The monoisotopic (exact) mass is 373 g/mol. The molecule has 3 rings (SSSR count). The average molecular weight is 374 g/mol. The Morgan fingerprint density at radius 1 is 1.08 bits per heavy atom. The summed E-state index contributed by atoms with van der Waals surface area (Å²) in [6.45, 7) is 2.61. The number of carbonyl (C=O) groups is 1. The van der Waals surface area contributed by atoms with Gasteiger partial charge in [0.2, 0.25) is 0 Å². The predicted molar refractivity (Wildman–Crippen MR) is 100 cm³/mol. The highest BCUT2D eigenvalue weighted by Crippen LogP contribution is 2.23. The van der Waals surface area contributed by atoms with Crippen molar-refractivity contribution in [1.82, 2.24) is 15.1 Å². The van der Waals surface area contributed by atoms with Gasteiger partial charge in [0.15, 0.2) is 0 Å². The van der Waals surface area contributed by atoms with E-state index in [0.29, 0.717) is 34.5 Å². The molecule has 128 valence electrons. The molecule has 0 aliphatic rings. The number of aromatic nitrogens is 2. The van der Waals surface area contributed by atoms with Gasteiger partial charge in [-0.25, -0.2) is 4.68 Å². The van der Waals surface area contributed by atoms with Crippen LogP contribution in [0.1, 0.15) is 27.2 Å². The number of hydrogen-bond acceptors (Lipinski definition) is 2. The summed E-state index contributed by atoms with van der Waals surface area (Å²) in [7, 11) is 0. The van der Waals surface area contributed by atoms with Crippen molar-refractivity contribution in [2.45, 2.75) is 20.0 Å². The van der Waals surface area contributed by atoms with Crippen molar-refractivity contribution in [2.24, 2.45) is 0 Å². The van der Waals surface area contributed by atoms with E-state index in [1.54, 1.807) is 11.6 Å². The fraction of sp³-hybridized carbons (Fsp3) is 0.158. The van der Waals surface area contributed by atoms with Crippen molar-refractivity contribution < 1.29 is 4.79 Å². The number of nitrogens with one attached hydrogen (secondary N) is 1. The highest BCUT2D eigenvalue weighted by Gasteiger charge is 2.20. The van der Waals surface area contributed by atoms with Gasteiger partial charge in [-0.15, -0.1) is 0 Å². The van der Waals surface area contributed by atoms with E-state index in [1.165, 1.54) is 0 Å². The maximum atomic E-state index is 12.5. The van der Waals surface area contributed by atoms with Gasteiger partial charge < -0.3 is 5.32 Å². The minimum Gasteiger partial charge on any atom is -0.348 e. The topological polar surface area (TPSA) is 46.9 Å². The van der Waals surface area contributed by atoms with E-state index in [1.807, 2.05) is 54.6 Å². The first kappa shape index (κ1) is 17.5. The van der Waals surface area contributed by atoms with Gasteiger partial charge in [0.25, 0.3) is 5.91 Å². The summed E-state index contributed by atoms with van der Waals surface area (Å²) < 4.78 is 1.59. The molecule has 0 spiro atoms. The van der Waals surface area contributed by atoms with Crippen LogP contribution in [0.15, 0.2) is 54.6 Å². The SMILES string of the molecule is Cc1nn(Cc2ccccc2Cl)c(Cl)c1C(=O)NCc1ccccc1. The molecule has 0 saturated heterocycles. The molecule has 3 aromatic rings. The van der Waals surface area contributed by atoms with E-state index in [9.17, 15) is 4.79 Å². The van der Waals surface area contributed by atoms with Crippen LogP contribution in [0.3, 0.4) is 0 Å². The molecule has 0 fully saturated rings. The summed E-state index contributed by atoms with van der Waals surface area (Å²) in [6.07, 6.45) is 0. The maximum Gasteiger partial charge on any atom is 0.256 e. The molecular formula is C19H17Cl2N3O. The summed E-state index contributed by atoms with van der Waals surface area (Å²) in [4.78, 5) is 12.5. The third kappa shape index (κ3) is 4.03. The fourth-order valence-corrected chi connectivity index (χ4v) is 3.09. The molecule has 4 nitrogen and oxygen atoms in total. The lowest BCUT2D eigenvalue weighted by Crippen LogP contribution is -2.23. The van der Waals surface area contributed by atoms with Crippen LogP contribution in [0.5, 0.6) is 0 Å². The van der Waals surface area contributed by atoms with E-state index in [0.717, 1.165) is 11.1 Å². The van der Waals surface area contributed by atoms with Gasteiger partial charge in [0.05, 0.1) is 17.8 Å². The number of halogens is 2. The van der Waals surface area contributed by atoms with Crippen molar-refractivity contribution in [3.8, 4) is 0 Å². The number of hydrogen-bond donors (Lipinski definition) is 1. The molecule has 25 heavy (non-hydrogen) atoms. The number of carbonyl (C=O) groups excluding carboxylic acids is 1. The van der Waals surface area contributed by atoms with Gasteiger partial charge in [0, 0.05) is 11.6 Å². The molecular weight excluding hydrogens is 357 g/mol. The highest BCUT2D eigenvalue weighted by molar-refractivity contribution is 6.33. The first-order valence-corrected chi connectivity index (χ1v) is 8.60. The molecule has 1 heterocycles. The molecule has 6 heteroatoms. The summed E-state index contributed by atoms with van der Waals surface area (Å²) in [5, 5.41) is 8.22. The minimum atomic E-state index is -0.239. The third-order valence-corrected chi connectivity index (χ3v) is 4.62. The van der Waals surface area contributed by atoms with Crippen molar-refractivity contribution >= 4 is 29.1 Å². The zero-order valence-corrected chi connectivity index (χ0v) is 15.2. The zero-order chi connectivity index (χ0) is 17.8. The third-order valence-electron chi connectivity index (χ3n) is 3.87. The molecule has 0 bridgehead atoms. The number of nitrogens with zero attached hydrogens (tertiary/aromatic N) is 2. The number of benzene rings is 2. The smallest absolute Gasteiger partial charge is 0.256 e. The Hall–Kier alpha value is -2.30. The first-order chi connectivity index (χ1) is 12.1. The van der Waals surface area contributed by atoms with Gasteiger partial charge in [-0.05, 0) is 24.1 Å². The Labute approximate surface area is 156 Å². The molecule has 2 aromatic carbocycles. The van der Waals surface area contributed by atoms with E-state index in [-0.39, 0.29) is 5.91 Å². The molecule has 1 N–H and O–H groups in total. The Kier molecular flexibility index (Phi) is 5.41. The normalized spacial score (nSPS) is 10.7. The van der Waals surface area contributed by atoms with Crippen molar-refractivity contribution in [3.05, 3.63) is 87.2 Å². The maximum absolute atomic E-state index is 12.5. The highest BCUT2D eigenvalue weighted by atomic mass is 35.5. The van der Waals surface area contributed by atoms with Crippen LogP contribution in [-0.2, 0) is 13.1 Å². The van der Waals surface area contributed by atoms with Gasteiger partial charge in [-0.1, -0.05) is 71.7 Å². The molecule has 0 radical (unpaired) electrons. The largest absolute Gasteiger partial charge is 0.348 e. The van der Waals surface area contributed by atoms with Crippen LogP contribution >= 0.6 is 23.2 Å². The van der Waals surface area contributed by atoms with Gasteiger partial charge in [0.1, 0.15) is 5.15 Å². The molecule has 1 amide bonds. The van der Waals surface area contributed by atoms with Crippen LogP contribution in [0.4, 0.5) is 0 Å². The van der Waals surface area contributed by atoms with Crippen LogP contribution in [-0.4, -0.2) is 15.7 Å². The minimum absolute atomic E-state index is 0.239. The lowest BCUT2D eigenvalue weighted by Gasteiger charge is -2.07. The summed E-state index contributed by atoms with van der Waals surface area (Å²) >= 11 is 12.6. The van der Waals surface area contributed by atoms with Crippen molar-refractivity contribution in [3.63, 3.8) is 0 Å². The van der Waals surface area contributed by atoms with Crippen LogP contribution in [0, 0.1) is 6.92 Å². The fourth-order valence-electron chi connectivity index (χ4n) is 2.57. The molecule has 0 saturated carbocycles. The Morgan fingerprint density at radius 3 is 2.48 bits per heavy atom. The van der Waals surface area contributed by atoms with Crippen molar-refractivity contribution in [2.75, 3.05) is 0 Å². The van der Waals surface area contributed by atoms with Crippen LogP contribution in [0.2, 0.25) is 10.2 Å². The van der Waals surface area contributed by atoms with Crippen molar-refractivity contribution in [1.29, 1.82) is 0 Å². The number of rotatable bonds is 5. The van der Waals surface area contributed by atoms with Gasteiger partial charge >= 0.3 is 0 Å². The Bertz CT molecular complexity index is 891. The quantitative estimate of drug-likeness (QED) is 0.716. The summed E-state index contributed by atoms with van der Waals surface area (Å²) in [5.74, 6) is -0.239. The second-order valence-corrected chi connectivity index (χ2v) is 6.43. The van der Waals surface area contributed by atoms with Crippen LogP contribution in [0.25, 0.3) is 0 Å². The molecule has 1 aromatic heterocycles. The van der Waals surface area contributed by atoms with E-state index in [4.69, 9.17) is 23.2 Å². The lowest BCUT2D eigenvalue weighted by atomic mass is 10.2. The second kappa shape index (κ2) is 7.72. The summed E-state index contributed by atoms with van der Waals surface area (Å²) in [5.41, 5.74) is 2.89. The second-order valence-electron chi connectivity index (χ2n) is 5.67. The lowest BCUT2D eigenvalue weighted by molar-refractivity contribution is 0.0950. The number of amides is 1. The molecule has 0 unspecified atom stereocenters. The standard InChI is InChI=1S/C19H17Cl2N3O/c1-13-17(19(25)22-11-14-7-3-2-4-8-14)18(21)24(23-13)12-15-9-5-6-10-16(15)20/h2-10H,11-12H2,1H3,(H,22,25). The predicted octanol–water partition coefficient (Wildman–Crippen LogP) is 4.48. The molecule has 0 aliphatic carbocycles. The van der Waals surface area contributed by atoms with Crippen LogP contribution < -0.4 is 5.32 Å². The van der Waals surface area contributed by atoms with E-state index < -0.39 is 0 Å². The van der Waals surface area contributed by atoms with E-state index >= 15 is 0 Å². The Balaban J connectivity index is 1.77. The van der Waals surface area contributed by atoms with E-state index in [2.05, 4.69) is 10.4 Å². The summed E-state index contributed by atoms with van der Waals surface area (Å²) in [6, 6.07) is 17.2. The van der Waals surface area contributed by atoms with Gasteiger partial charge in [-0.2, -0.15) is 5.10 Å². The molecule has 0 aliphatic heterocycles.